The first-order chi connectivity index (χ1) is 13.6. The van der Waals surface area contributed by atoms with E-state index in [9.17, 15) is 4.79 Å². The van der Waals surface area contributed by atoms with E-state index in [1.165, 1.54) is 17.2 Å². The zero-order valence-electron chi connectivity index (χ0n) is 16.6. The van der Waals surface area contributed by atoms with Crippen molar-refractivity contribution in [1.82, 2.24) is 0 Å². The molecule has 148 valence electrons. The molecule has 4 heteroatoms. The Bertz CT molecular complexity index is 849. The summed E-state index contributed by atoms with van der Waals surface area (Å²) in [5.41, 5.74) is 3.79. The molecule has 2 aromatic rings. The minimum absolute atomic E-state index is 0.275. The predicted octanol–water partition coefficient (Wildman–Crippen LogP) is 6.15. The number of allylic oxidation sites excluding steroid dienone is 4. The van der Waals surface area contributed by atoms with Crippen LogP contribution in [0.1, 0.15) is 56.4 Å². The Balaban J connectivity index is 1.34. The van der Waals surface area contributed by atoms with Crippen molar-refractivity contribution in [2.45, 2.75) is 52.4 Å². The maximum atomic E-state index is 11.0. The summed E-state index contributed by atoms with van der Waals surface area (Å²) < 4.78 is 15.8. The van der Waals surface area contributed by atoms with E-state index in [1.807, 2.05) is 18.4 Å². The van der Waals surface area contributed by atoms with E-state index in [4.69, 9.17) is 13.6 Å². The van der Waals surface area contributed by atoms with E-state index in [1.54, 1.807) is 18.6 Å². The largest absolute Gasteiger partial charge is 0.472 e. The van der Waals surface area contributed by atoms with E-state index in [0.717, 1.165) is 49.8 Å². The van der Waals surface area contributed by atoms with Crippen molar-refractivity contribution in [3.05, 3.63) is 83.4 Å². The standard InChI is InChI=1S/C24H28O4/c1-18(5-3-7-19(2)13-22-9-10-24(25)28-22)6-4-8-20-14-23(27-17-20)15-21-11-12-26-16-21/h6,9-14,16-17,19H,3-5,7-8,15H2,1-2H3/b18-6+,22-13+/t19-/m1/s1. The van der Waals surface area contributed by atoms with Gasteiger partial charge in [-0.15, -0.1) is 0 Å². The summed E-state index contributed by atoms with van der Waals surface area (Å²) >= 11 is 0. The van der Waals surface area contributed by atoms with Crippen molar-refractivity contribution in [3.63, 3.8) is 0 Å². The second kappa shape index (κ2) is 9.98. The van der Waals surface area contributed by atoms with Crippen LogP contribution >= 0.6 is 0 Å². The molecule has 0 saturated heterocycles. The number of ether oxygens (including phenoxy) is 1. The van der Waals surface area contributed by atoms with Crippen molar-refractivity contribution in [2.75, 3.05) is 0 Å². The smallest absolute Gasteiger partial charge is 0.336 e. The highest BCUT2D eigenvalue weighted by molar-refractivity contribution is 5.86. The molecule has 1 atom stereocenters. The molecular weight excluding hydrogens is 352 g/mol. The number of esters is 1. The van der Waals surface area contributed by atoms with Crippen LogP contribution in [0.25, 0.3) is 0 Å². The van der Waals surface area contributed by atoms with Gasteiger partial charge >= 0.3 is 5.97 Å². The van der Waals surface area contributed by atoms with E-state index in [-0.39, 0.29) is 5.97 Å². The van der Waals surface area contributed by atoms with E-state index >= 15 is 0 Å². The topological polar surface area (TPSA) is 52.6 Å². The first kappa shape index (κ1) is 20.0. The van der Waals surface area contributed by atoms with E-state index in [0.29, 0.717) is 11.7 Å². The third kappa shape index (κ3) is 6.45. The molecule has 0 aliphatic carbocycles. The zero-order valence-corrected chi connectivity index (χ0v) is 16.6. The van der Waals surface area contributed by atoms with Crippen LogP contribution in [0.3, 0.4) is 0 Å². The van der Waals surface area contributed by atoms with Crippen molar-refractivity contribution in [1.29, 1.82) is 0 Å². The molecule has 0 unspecified atom stereocenters. The maximum Gasteiger partial charge on any atom is 0.336 e. The van der Waals surface area contributed by atoms with Crippen LogP contribution < -0.4 is 0 Å². The number of rotatable bonds is 10. The molecule has 0 bridgehead atoms. The second-order valence-electron chi connectivity index (χ2n) is 7.51. The number of carbonyl (C=O) groups excluding carboxylic acids is 1. The van der Waals surface area contributed by atoms with Gasteiger partial charge < -0.3 is 13.6 Å². The van der Waals surface area contributed by atoms with Crippen LogP contribution in [0.5, 0.6) is 0 Å². The summed E-state index contributed by atoms with van der Waals surface area (Å²) in [5.74, 6) is 1.78. The highest BCUT2D eigenvalue weighted by Gasteiger charge is 2.10. The minimum atomic E-state index is -0.275. The van der Waals surface area contributed by atoms with Gasteiger partial charge in [0.25, 0.3) is 0 Å². The summed E-state index contributed by atoms with van der Waals surface area (Å²) in [4.78, 5) is 11.0. The summed E-state index contributed by atoms with van der Waals surface area (Å²) in [6.45, 7) is 4.36. The Labute approximate surface area is 166 Å². The minimum Gasteiger partial charge on any atom is -0.472 e. The van der Waals surface area contributed by atoms with Gasteiger partial charge in [-0.05, 0) is 80.4 Å². The number of furan rings is 2. The molecule has 4 nitrogen and oxygen atoms in total. The molecule has 0 N–H and O–H groups in total. The Kier molecular flexibility index (Phi) is 7.12. The summed E-state index contributed by atoms with van der Waals surface area (Å²) in [6, 6.07) is 4.10. The third-order valence-corrected chi connectivity index (χ3v) is 4.87. The molecule has 0 saturated carbocycles. The molecule has 1 aliphatic rings. The Morgan fingerprint density at radius 2 is 2.11 bits per heavy atom. The quantitative estimate of drug-likeness (QED) is 0.367. The fraction of sp³-hybridized carbons (Fsp3) is 0.375. The fourth-order valence-corrected chi connectivity index (χ4v) is 3.32. The van der Waals surface area contributed by atoms with Crippen molar-refractivity contribution >= 4 is 5.97 Å². The lowest BCUT2D eigenvalue weighted by atomic mass is 10.00. The van der Waals surface area contributed by atoms with Gasteiger partial charge in [-0.3, -0.25) is 0 Å². The molecule has 0 spiro atoms. The molecule has 0 amide bonds. The van der Waals surface area contributed by atoms with Crippen LogP contribution in [-0.4, -0.2) is 5.97 Å². The lowest BCUT2D eigenvalue weighted by Crippen LogP contribution is -1.95. The first-order valence-corrected chi connectivity index (χ1v) is 9.93. The van der Waals surface area contributed by atoms with E-state index in [2.05, 4.69) is 26.0 Å². The zero-order chi connectivity index (χ0) is 19.8. The lowest BCUT2D eigenvalue weighted by Gasteiger charge is -2.07. The van der Waals surface area contributed by atoms with Gasteiger partial charge in [0.15, 0.2) is 0 Å². The van der Waals surface area contributed by atoms with Crippen molar-refractivity contribution in [3.8, 4) is 0 Å². The number of aryl methyl sites for hydroxylation is 1. The Morgan fingerprint density at radius 1 is 1.21 bits per heavy atom. The van der Waals surface area contributed by atoms with Crippen molar-refractivity contribution < 1.29 is 18.4 Å². The molecule has 2 aromatic heterocycles. The van der Waals surface area contributed by atoms with Crippen LogP contribution in [0, 0.1) is 5.92 Å². The third-order valence-electron chi connectivity index (χ3n) is 4.87. The molecule has 0 fully saturated rings. The maximum absolute atomic E-state index is 11.0. The second-order valence-corrected chi connectivity index (χ2v) is 7.51. The predicted molar refractivity (Wildman–Crippen MR) is 109 cm³/mol. The summed E-state index contributed by atoms with van der Waals surface area (Å²) in [5, 5.41) is 0. The van der Waals surface area contributed by atoms with Gasteiger partial charge in [0.2, 0.25) is 0 Å². The molecule has 0 aromatic carbocycles. The van der Waals surface area contributed by atoms with Gasteiger partial charge in [0.05, 0.1) is 18.8 Å². The molecular formula is C24H28O4. The molecule has 3 heterocycles. The van der Waals surface area contributed by atoms with Gasteiger partial charge in [0, 0.05) is 12.5 Å². The van der Waals surface area contributed by atoms with Crippen LogP contribution in [0.15, 0.2) is 75.4 Å². The van der Waals surface area contributed by atoms with Gasteiger partial charge in [-0.1, -0.05) is 18.6 Å². The summed E-state index contributed by atoms with van der Waals surface area (Å²) in [7, 11) is 0. The van der Waals surface area contributed by atoms with Crippen molar-refractivity contribution in [2.24, 2.45) is 5.92 Å². The molecule has 0 radical (unpaired) electrons. The lowest BCUT2D eigenvalue weighted by molar-refractivity contribution is -0.132. The number of carbonyl (C=O) groups is 1. The number of hydrogen-bond donors (Lipinski definition) is 0. The summed E-state index contributed by atoms with van der Waals surface area (Å²) in [6.07, 6.45) is 19.0. The SMILES string of the molecule is C/C(=C\CCc1coc(Cc2ccoc2)c1)CCC[C@@H](C)/C=C1\C=CC(=O)O1. The van der Waals surface area contributed by atoms with Crippen LogP contribution in [0.2, 0.25) is 0 Å². The van der Waals surface area contributed by atoms with Gasteiger partial charge in [-0.2, -0.15) is 0 Å². The van der Waals surface area contributed by atoms with Gasteiger partial charge in [-0.25, -0.2) is 4.79 Å². The number of hydrogen-bond acceptors (Lipinski definition) is 4. The Hall–Kier alpha value is -2.75. The van der Waals surface area contributed by atoms with Crippen LogP contribution in [0.4, 0.5) is 0 Å². The molecule has 3 rings (SSSR count). The normalized spacial score (nSPS) is 16.7. The average molecular weight is 380 g/mol. The fourth-order valence-electron chi connectivity index (χ4n) is 3.32. The first-order valence-electron chi connectivity index (χ1n) is 9.93. The highest BCUT2D eigenvalue weighted by Crippen LogP contribution is 2.19. The highest BCUT2D eigenvalue weighted by atomic mass is 16.5. The van der Waals surface area contributed by atoms with E-state index < -0.39 is 0 Å². The van der Waals surface area contributed by atoms with Gasteiger partial charge in [0.1, 0.15) is 11.5 Å². The molecule has 28 heavy (non-hydrogen) atoms. The monoisotopic (exact) mass is 380 g/mol. The number of cyclic esters (lactones) is 1. The van der Waals surface area contributed by atoms with Crippen LogP contribution in [-0.2, 0) is 22.4 Å². The molecule has 1 aliphatic heterocycles. The Morgan fingerprint density at radius 3 is 2.86 bits per heavy atom. The average Bonchev–Trinajstić information content (AvgIpc) is 3.39.